The number of ether oxygens (including phenoxy) is 2. The van der Waals surface area contributed by atoms with E-state index in [9.17, 15) is 0 Å². The summed E-state index contributed by atoms with van der Waals surface area (Å²) in [5.41, 5.74) is 10.3. The van der Waals surface area contributed by atoms with Crippen LogP contribution in [0.5, 0.6) is 0 Å². The molecule has 4 heteroatoms. The average Bonchev–Trinajstić information content (AvgIpc) is 3.51. The van der Waals surface area contributed by atoms with Crippen molar-refractivity contribution in [3.8, 4) is 22.4 Å². The molecule has 0 unspecified atom stereocenters. The molecular formula is C37H34N2O2. The highest BCUT2D eigenvalue weighted by Crippen LogP contribution is 2.45. The first kappa shape index (κ1) is 24.8. The molecule has 2 aliphatic rings. The minimum absolute atomic E-state index is 0.443. The molecule has 6 aromatic rings. The van der Waals surface area contributed by atoms with Gasteiger partial charge < -0.3 is 9.47 Å². The summed E-state index contributed by atoms with van der Waals surface area (Å²) in [6.45, 7) is 3.25. The normalized spacial score (nSPS) is 17.1. The lowest BCUT2D eigenvalue weighted by atomic mass is 9.78. The summed E-state index contributed by atoms with van der Waals surface area (Å²) in [6.07, 6.45) is 6.30. The van der Waals surface area contributed by atoms with E-state index in [2.05, 4.69) is 102 Å². The number of aromatic nitrogens is 2. The lowest BCUT2D eigenvalue weighted by Crippen LogP contribution is -2.18. The van der Waals surface area contributed by atoms with Crippen LogP contribution in [0.15, 0.2) is 97.2 Å². The Morgan fingerprint density at radius 1 is 0.585 bits per heavy atom. The minimum Gasteiger partial charge on any atom is -0.381 e. The van der Waals surface area contributed by atoms with Crippen molar-refractivity contribution in [3.05, 3.63) is 108 Å². The standard InChI is InChI=1S/C37H34N2O2/c1-2-8-25(9-3-1)28-22-32(26-14-18-40-19-15-26)36(33(23-28)27-16-20-41-21-17-27)35-24-38-37-31-12-5-4-10-29(31)30-11-6-7-13-34(30)39(35)37/h1-13,22-24,26-27H,14-21H2. The number of imidazole rings is 1. The van der Waals surface area contributed by atoms with Gasteiger partial charge in [0, 0.05) is 42.8 Å². The fourth-order valence-corrected chi connectivity index (χ4v) is 7.21. The Bertz CT molecular complexity index is 1820. The van der Waals surface area contributed by atoms with Crippen LogP contribution < -0.4 is 0 Å². The quantitative estimate of drug-likeness (QED) is 0.211. The molecule has 0 amide bonds. The molecule has 8 rings (SSSR count). The molecule has 0 aliphatic carbocycles. The van der Waals surface area contributed by atoms with E-state index in [1.54, 1.807) is 0 Å². The second-order valence-electron chi connectivity index (χ2n) is 11.5. The van der Waals surface area contributed by atoms with E-state index in [4.69, 9.17) is 14.5 Å². The summed E-state index contributed by atoms with van der Waals surface area (Å²) in [5.74, 6) is 0.886. The molecule has 0 bridgehead atoms. The molecular weight excluding hydrogens is 504 g/mol. The van der Waals surface area contributed by atoms with E-state index < -0.39 is 0 Å². The van der Waals surface area contributed by atoms with Gasteiger partial charge in [-0.2, -0.15) is 0 Å². The Kier molecular flexibility index (Phi) is 6.31. The SMILES string of the molecule is c1ccc(-c2cc(C3CCOCC3)c(-c3cnc4c5ccccc5c5ccccc5n34)c(C3CCOCC3)c2)cc1. The molecule has 0 spiro atoms. The van der Waals surface area contributed by atoms with Crippen LogP contribution in [0.3, 0.4) is 0 Å². The first-order valence-corrected chi connectivity index (χ1v) is 15.0. The van der Waals surface area contributed by atoms with Crippen LogP contribution in [0.1, 0.15) is 48.6 Å². The third-order valence-electron chi connectivity index (χ3n) is 9.25. The minimum atomic E-state index is 0.443. The summed E-state index contributed by atoms with van der Waals surface area (Å²) >= 11 is 0. The maximum absolute atomic E-state index is 5.86. The van der Waals surface area contributed by atoms with Gasteiger partial charge in [-0.05, 0) is 71.2 Å². The summed E-state index contributed by atoms with van der Waals surface area (Å²) in [4.78, 5) is 5.14. The molecule has 0 N–H and O–H groups in total. The van der Waals surface area contributed by atoms with E-state index in [0.717, 1.165) is 57.8 Å². The molecule has 0 radical (unpaired) electrons. The summed E-state index contributed by atoms with van der Waals surface area (Å²) in [5, 5.41) is 3.70. The molecule has 2 aromatic heterocycles. The number of rotatable bonds is 4. The van der Waals surface area contributed by atoms with Gasteiger partial charge in [-0.1, -0.05) is 84.9 Å². The number of pyridine rings is 1. The number of nitrogens with zero attached hydrogens (tertiary/aromatic N) is 2. The van der Waals surface area contributed by atoms with Crippen LogP contribution in [0.4, 0.5) is 0 Å². The fourth-order valence-electron chi connectivity index (χ4n) is 7.21. The van der Waals surface area contributed by atoms with E-state index in [1.807, 2.05) is 0 Å². The third-order valence-corrected chi connectivity index (χ3v) is 9.25. The zero-order valence-corrected chi connectivity index (χ0v) is 23.3. The highest BCUT2D eigenvalue weighted by atomic mass is 16.5. The van der Waals surface area contributed by atoms with Crippen LogP contribution in [-0.4, -0.2) is 35.8 Å². The van der Waals surface area contributed by atoms with Gasteiger partial charge in [0.25, 0.3) is 0 Å². The molecule has 4 nitrogen and oxygen atoms in total. The van der Waals surface area contributed by atoms with Crippen molar-refractivity contribution in [2.24, 2.45) is 0 Å². The first-order chi connectivity index (χ1) is 20.4. The number of para-hydroxylation sites is 1. The maximum Gasteiger partial charge on any atom is 0.145 e. The maximum atomic E-state index is 5.86. The highest BCUT2D eigenvalue weighted by Gasteiger charge is 2.29. The van der Waals surface area contributed by atoms with Crippen molar-refractivity contribution in [2.75, 3.05) is 26.4 Å². The third kappa shape index (κ3) is 4.25. The van der Waals surface area contributed by atoms with E-state index in [-0.39, 0.29) is 0 Å². The number of fused-ring (bicyclic) bond motifs is 6. The van der Waals surface area contributed by atoms with Gasteiger partial charge in [0.05, 0.1) is 17.4 Å². The van der Waals surface area contributed by atoms with Crippen LogP contribution in [0.2, 0.25) is 0 Å². The summed E-state index contributed by atoms with van der Waals surface area (Å²) < 4.78 is 14.1. The highest BCUT2D eigenvalue weighted by molar-refractivity contribution is 6.12. The molecule has 0 atom stereocenters. The molecule has 204 valence electrons. The lowest BCUT2D eigenvalue weighted by Gasteiger charge is -2.31. The number of hydrogen-bond acceptors (Lipinski definition) is 3. The smallest absolute Gasteiger partial charge is 0.145 e. The lowest BCUT2D eigenvalue weighted by molar-refractivity contribution is 0.0843. The Balaban J connectivity index is 1.48. The predicted molar refractivity (Wildman–Crippen MR) is 167 cm³/mol. The van der Waals surface area contributed by atoms with Crippen LogP contribution in [-0.2, 0) is 9.47 Å². The molecule has 2 fully saturated rings. The van der Waals surface area contributed by atoms with Gasteiger partial charge in [-0.3, -0.25) is 4.40 Å². The fraction of sp³-hybridized carbons (Fsp3) is 0.270. The second-order valence-corrected chi connectivity index (χ2v) is 11.5. The van der Waals surface area contributed by atoms with Crippen molar-refractivity contribution in [2.45, 2.75) is 37.5 Å². The Labute approximate surface area is 240 Å². The largest absolute Gasteiger partial charge is 0.381 e. The van der Waals surface area contributed by atoms with Gasteiger partial charge in [-0.15, -0.1) is 0 Å². The van der Waals surface area contributed by atoms with Gasteiger partial charge in [0.1, 0.15) is 5.65 Å². The molecule has 4 heterocycles. The van der Waals surface area contributed by atoms with Gasteiger partial charge in [-0.25, -0.2) is 4.98 Å². The summed E-state index contributed by atoms with van der Waals surface area (Å²) in [7, 11) is 0. The monoisotopic (exact) mass is 538 g/mol. The van der Waals surface area contributed by atoms with Crippen molar-refractivity contribution in [1.82, 2.24) is 9.38 Å². The topological polar surface area (TPSA) is 35.8 Å². The van der Waals surface area contributed by atoms with Gasteiger partial charge in [0.15, 0.2) is 0 Å². The zero-order valence-electron chi connectivity index (χ0n) is 23.3. The first-order valence-electron chi connectivity index (χ1n) is 15.0. The number of hydrogen-bond donors (Lipinski definition) is 0. The molecule has 41 heavy (non-hydrogen) atoms. The molecule has 2 saturated heterocycles. The van der Waals surface area contributed by atoms with Crippen LogP contribution in [0.25, 0.3) is 49.7 Å². The summed E-state index contributed by atoms with van der Waals surface area (Å²) in [6, 6.07) is 33.3. The zero-order chi connectivity index (χ0) is 27.2. The number of benzene rings is 4. The van der Waals surface area contributed by atoms with Gasteiger partial charge >= 0.3 is 0 Å². The van der Waals surface area contributed by atoms with Crippen molar-refractivity contribution in [3.63, 3.8) is 0 Å². The van der Waals surface area contributed by atoms with E-state index >= 15 is 0 Å². The average molecular weight is 539 g/mol. The molecule has 4 aromatic carbocycles. The predicted octanol–water partition coefficient (Wildman–Crippen LogP) is 8.76. The van der Waals surface area contributed by atoms with Crippen molar-refractivity contribution < 1.29 is 9.47 Å². The van der Waals surface area contributed by atoms with E-state index in [0.29, 0.717) is 11.8 Å². The Morgan fingerprint density at radius 3 is 1.80 bits per heavy atom. The van der Waals surface area contributed by atoms with Crippen molar-refractivity contribution in [1.29, 1.82) is 0 Å². The van der Waals surface area contributed by atoms with E-state index in [1.165, 1.54) is 55.2 Å². The molecule has 0 saturated carbocycles. The Hall–Kier alpha value is -3.99. The van der Waals surface area contributed by atoms with Crippen LogP contribution in [0, 0.1) is 0 Å². The van der Waals surface area contributed by atoms with Crippen molar-refractivity contribution >= 4 is 27.3 Å². The van der Waals surface area contributed by atoms with Crippen LogP contribution >= 0.6 is 0 Å². The Morgan fingerprint density at radius 2 is 1.15 bits per heavy atom. The second kappa shape index (κ2) is 10.4. The molecule has 2 aliphatic heterocycles. The van der Waals surface area contributed by atoms with Gasteiger partial charge in [0.2, 0.25) is 0 Å².